The first-order valence-corrected chi connectivity index (χ1v) is 28.0. The van der Waals surface area contributed by atoms with Crippen LogP contribution in [0, 0.1) is 0 Å². The number of hydrogen-bond donors (Lipinski definition) is 8. The molecule has 0 radical (unpaired) electrons. The quantitative estimate of drug-likeness (QED) is 0.0280. The fourth-order valence-electron chi connectivity index (χ4n) is 10.1. The van der Waals surface area contributed by atoms with Gasteiger partial charge in [0.1, 0.15) is 73.8 Å². The first kappa shape index (κ1) is 72.3. The number of likely N-dealkylation sites (tertiary alicyclic amines) is 2. The van der Waals surface area contributed by atoms with Gasteiger partial charge < -0.3 is 99.9 Å². The zero-order valence-electron chi connectivity index (χ0n) is 50.5. The number of nitrogens with two attached hydrogens (primary N) is 1. The number of aliphatic hydroxyl groups is 1. The Morgan fingerprint density at radius 2 is 1.08 bits per heavy atom. The highest BCUT2D eigenvalue weighted by Gasteiger charge is 2.58. The Hall–Kier alpha value is -8.15. The molecule has 88 heavy (non-hydrogen) atoms. The Labute approximate surface area is 504 Å². The lowest BCUT2D eigenvalue weighted by Gasteiger charge is -2.49. The van der Waals surface area contributed by atoms with Gasteiger partial charge in [0.15, 0.2) is 37.0 Å². The molecule has 0 aromatic carbocycles. The largest absolute Gasteiger partial charge is 0.463 e. The zero-order chi connectivity index (χ0) is 66.0. The van der Waals surface area contributed by atoms with Crippen LogP contribution in [0.3, 0.4) is 0 Å². The van der Waals surface area contributed by atoms with Crippen molar-refractivity contribution in [1.29, 1.82) is 0 Å². The third-order valence-electron chi connectivity index (χ3n) is 13.9. The van der Waals surface area contributed by atoms with E-state index in [0.29, 0.717) is 12.8 Å². The van der Waals surface area contributed by atoms with Crippen LogP contribution in [0.15, 0.2) is 0 Å². The summed E-state index contributed by atoms with van der Waals surface area (Å²) in [6, 6.07) is -10.4. The van der Waals surface area contributed by atoms with Crippen molar-refractivity contribution in [3.8, 4) is 0 Å². The van der Waals surface area contributed by atoms with Crippen molar-refractivity contribution in [3.05, 3.63) is 0 Å². The number of amides is 9. The molecule has 17 atom stereocenters. The molecular formula is C53H79N9O26. The van der Waals surface area contributed by atoms with E-state index in [-0.39, 0.29) is 25.9 Å². The highest BCUT2D eigenvalue weighted by Crippen LogP contribution is 2.36. The zero-order valence-corrected chi connectivity index (χ0v) is 50.5. The minimum absolute atomic E-state index is 0.0160. The fourth-order valence-corrected chi connectivity index (χ4v) is 10.1. The maximum absolute atomic E-state index is 14.8. The van der Waals surface area contributed by atoms with Gasteiger partial charge in [0.05, 0.1) is 19.3 Å². The van der Waals surface area contributed by atoms with Crippen LogP contribution >= 0.6 is 0 Å². The summed E-state index contributed by atoms with van der Waals surface area (Å²) in [5.41, 5.74) is 5.33. The summed E-state index contributed by atoms with van der Waals surface area (Å²) in [6.45, 7) is 8.61. The lowest BCUT2D eigenvalue weighted by Crippen LogP contribution is -2.70. The smallest absolute Gasteiger partial charge is 0.303 e. The fraction of sp³-hybridized carbons (Fsp3) is 0.717. The van der Waals surface area contributed by atoms with Gasteiger partial charge in [0, 0.05) is 68.5 Å². The van der Waals surface area contributed by atoms with Crippen LogP contribution in [0.2, 0.25) is 0 Å². The normalized spacial score (nSPS) is 26.5. The highest BCUT2D eigenvalue weighted by atomic mass is 16.8. The first-order chi connectivity index (χ1) is 41.2. The lowest BCUT2D eigenvalue weighted by atomic mass is 9.94. The van der Waals surface area contributed by atoms with Gasteiger partial charge in [-0.25, -0.2) is 0 Å². The van der Waals surface area contributed by atoms with Crippen molar-refractivity contribution in [2.45, 2.75) is 206 Å². The summed E-state index contributed by atoms with van der Waals surface area (Å²) in [7, 11) is 0. The van der Waals surface area contributed by atoms with Crippen LogP contribution in [-0.4, -0.2) is 247 Å². The van der Waals surface area contributed by atoms with Crippen molar-refractivity contribution in [1.82, 2.24) is 41.7 Å². The molecule has 4 heterocycles. The van der Waals surface area contributed by atoms with Crippen molar-refractivity contribution in [2.24, 2.45) is 5.73 Å². The summed E-state index contributed by atoms with van der Waals surface area (Å²) in [5.74, 6) is -13.7. The predicted octanol–water partition coefficient (Wildman–Crippen LogP) is -5.84. The number of primary amides is 1. The maximum Gasteiger partial charge on any atom is 0.303 e. The molecule has 35 nitrogen and oxygen atoms in total. The van der Waals surface area contributed by atoms with Crippen LogP contribution in [0.25, 0.3) is 0 Å². The molecule has 0 spiro atoms. The molecular weight excluding hydrogens is 1180 g/mol. The Morgan fingerprint density at radius 1 is 0.568 bits per heavy atom. The third kappa shape index (κ3) is 20.8. The summed E-state index contributed by atoms with van der Waals surface area (Å²) < 4.78 is 58.2. The molecule has 492 valence electrons. The standard InChI is InChI=1S/C53H79N9O26/c1-22(46(54)73)56-48(75)34-14-12-16-61(34)51(78)35-15-13-17-62(35)50(77)23(2)57-49(76)39(60-47(74)33(19-63)59-38(72)18-55-25(4)64)24(3)81-52-40(58-26(5)65)43(41(82-29(8)68)36(86-52)20-79-27(6)66)88-53-45(85-32(11)71)44(84-31(10)70)42(83-30(9)69)37(87-53)21-80-28(7)67/h22-24,33-37,39-45,52-53,63H,12-21H2,1-11H3,(H2,54,73)(H,55,64)(H,56,75)(H,57,76)(H,58,65)(H,59,72)(H,60,74)/t22?,23?,24?,33?,34?,35?,36?,37?,39?,40-,41-,42+,43?,44?,45-,52-,53-/m0/s1. The van der Waals surface area contributed by atoms with E-state index in [0.717, 1.165) is 55.4 Å². The number of carbonyl (C=O) groups is 15. The van der Waals surface area contributed by atoms with Gasteiger partial charge in [0.25, 0.3) is 0 Å². The molecule has 35 heteroatoms. The average Bonchev–Trinajstić information content (AvgIpc) is 1.13. The monoisotopic (exact) mass is 1260 g/mol. The molecule has 0 aromatic heterocycles. The number of nitrogens with one attached hydrogen (secondary N) is 6. The minimum Gasteiger partial charge on any atom is -0.463 e. The van der Waals surface area contributed by atoms with Gasteiger partial charge in [-0.05, 0) is 46.5 Å². The molecule has 9 amide bonds. The average molecular weight is 1260 g/mol. The number of carbonyl (C=O) groups excluding carboxylic acids is 15. The van der Waals surface area contributed by atoms with E-state index in [4.69, 9.17) is 53.1 Å². The van der Waals surface area contributed by atoms with E-state index in [1.54, 1.807) is 0 Å². The summed E-state index contributed by atoms with van der Waals surface area (Å²) in [5, 5.41) is 24.6. The van der Waals surface area contributed by atoms with E-state index in [2.05, 4.69) is 31.9 Å². The van der Waals surface area contributed by atoms with E-state index in [9.17, 15) is 77.0 Å². The maximum atomic E-state index is 14.8. The number of esters is 6. The van der Waals surface area contributed by atoms with Crippen molar-refractivity contribution in [2.75, 3.05) is 39.5 Å². The van der Waals surface area contributed by atoms with Crippen molar-refractivity contribution >= 4 is 89.0 Å². The molecule has 0 bridgehead atoms. The Morgan fingerprint density at radius 3 is 1.59 bits per heavy atom. The van der Waals surface area contributed by atoms with Gasteiger partial charge in [-0.1, -0.05) is 0 Å². The number of nitrogens with zero attached hydrogens (tertiary/aromatic N) is 2. The Balaban J connectivity index is 1.83. The van der Waals surface area contributed by atoms with Crippen molar-refractivity contribution in [3.63, 3.8) is 0 Å². The summed E-state index contributed by atoms with van der Waals surface area (Å²) >= 11 is 0. The van der Waals surface area contributed by atoms with Gasteiger partial charge in [-0.2, -0.15) is 0 Å². The van der Waals surface area contributed by atoms with Crippen molar-refractivity contribution < 1.29 is 124 Å². The van der Waals surface area contributed by atoms with Gasteiger partial charge in [-0.3, -0.25) is 71.9 Å². The lowest BCUT2D eigenvalue weighted by molar-refractivity contribution is -0.349. The second kappa shape index (κ2) is 33.3. The molecule has 11 unspecified atom stereocenters. The van der Waals surface area contributed by atoms with Gasteiger partial charge in [-0.15, -0.1) is 0 Å². The molecule has 9 N–H and O–H groups in total. The van der Waals surface area contributed by atoms with E-state index in [1.807, 2.05) is 0 Å². The second-order valence-electron chi connectivity index (χ2n) is 21.1. The Kier molecular flexibility index (Phi) is 27.3. The van der Waals surface area contributed by atoms with E-state index >= 15 is 0 Å². The van der Waals surface area contributed by atoms with Crippen LogP contribution in [0.1, 0.15) is 102 Å². The van der Waals surface area contributed by atoms with Crippen LogP contribution in [0.5, 0.6) is 0 Å². The second-order valence-corrected chi connectivity index (χ2v) is 21.1. The summed E-state index contributed by atoms with van der Waals surface area (Å²) in [6.07, 6.45) is -17.3. The van der Waals surface area contributed by atoms with E-state index in [1.165, 1.54) is 30.6 Å². The molecule has 4 saturated heterocycles. The van der Waals surface area contributed by atoms with Gasteiger partial charge >= 0.3 is 35.8 Å². The van der Waals surface area contributed by atoms with E-state index < -0.39 is 219 Å². The molecule has 0 aliphatic carbocycles. The van der Waals surface area contributed by atoms with Crippen LogP contribution < -0.4 is 37.6 Å². The summed E-state index contributed by atoms with van der Waals surface area (Å²) in [4.78, 5) is 198. The molecule has 0 saturated carbocycles. The van der Waals surface area contributed by atoms with Crippen LogP contribution in [-0.2, 0) is 119 Å². The number of hydrogen-bond acceptors (Lipinski definition) is 26. The molecule has 4 rings (SSSR count). The topological polar surface area (TPSA) is 473 Å². The number of ether oxygens (including phenoxy) is 10. The number of aliphatic hydroxyl groups excluding tert-OH is 1. The molecule has 4 fully saturated rings. The highest BCUT2D eigenvalue weighted by molar-refractivity contribution is 5.98. The van der Waals surface area contributed by atoms with Crippen LogP contribution in [0.4, 0.5) is 0 Å². The first-order valence-electron chi connectivity index (χ1n) is 28.0. The van der Waals surface area contributed by atoms with Gasteiger partial charge in [0.2, 0.25) is 53.2 Å². The molecule has 4 aliphatic heterocycles. The Bertz CT molecular complexity index is 2630. The number of rotatable bonds is 27. The predicted molar refractivity (Wildman–Crippen MR) is 289 cm³/mol. The minimum atomic E-state index is -2.07. The third-order valence-corrected chi connectivity index (χ3v) is 13.9. The molecule has 0 aromatic rings. The SMILES string of the molecule is CC(=O)NCC(=O)NC(CO)C(=O)NC(C(=O)NC(C)C(=O)N1CCCC1C(=O)N1CCCC1C(=O)NC(C)C(N)=O)C(C)O[C@H]1OC(COC(C)=O)[C@H](OC(C)=O)C(O[C@@H]2OC(COC(C)=O)[C@@H](OC(C)=O)C(OC(C)=O)[C@@H]2OC(C)=O)[C@@H]1NC(C)=O. The molecule has 4 aliphatic rings.